The molecule has 0 fully saturated rings. The van der Waals surface area contributed by atoms with Crippen molar-refractivity contribution < 1.29 is 14.3 Å². The van der Waals surface area contributed by atoms with E-state index in [9.17, 15) is 4.79 Å². The van der Waals surface area contributed by atoms with Crippen molar-refractivity contribution in [1.29, 1.82) is 0 Å². The Morgan fingerprint density at radius 2 is 1.81 bits per heavy atom. The number of halogens is 1. The zero-order valence-corrected chi connectivity index (χ0v) is 18.7. The third-order valence-corrected chi connectivity index (χ3v) is 5.36. The lowest BCUT2D eigenvalue weighted by molar-refractivity contribution is -0.118. The number of hydrogen-bond acceptors (Lipinski definition) is 5. The Hall–Kier alpha value is -2.96. The second-order valence-electron chi connectivity index (χ2n) is 6.45. The van der Waals surface area contributed by atoms with E-state index in [1.54, 1.807) is 18.3 Å². The standard InChI is InChI=1S/C24H23ClN2O3S/c1-2-29-23-14-19(8-13-22(23)30-16-18-6-4-3-5-7-18)15-26-27-24(28)17-31-21-11-9-20(25)10-12-21/h3-15H,2,16-17H2,1H3,(H,27,28)/b26-15-. The van der Waals surface area contributed by atoms with Crippen LogP contribution in [-0.4, -0.2) is 24.5 Å². The number of thioether (sulfide) groups is 1. The maximum atomic E-state index is 12.0. The zero-order chi connectivity index (χ0) is 21.9. The SMILES string of the molecule is CCOc1cc(/C=N\NC(=O)CSc2ccc(Cl)cc2)ccc1OCc1ccccc1. The van der Waals surface area contributed by atoms with Gasteiger partial charge in [-0.2, -0.15) is 5.10 Å². The van der Waals surface area contributed by atoms with Gasteiger partial charge in [-0.1, -0.05) is 41.9 Å². The van der Waals surface area contributed by atoms with E-state index in [-0.39, 0.29) is 11.7 Å². The molecular formula is C24H23ClN2O3S. The van der Waals surface area contributed by atoms with E-state index in [0.29, 0.717) is 29.7 Å². The molecule has 0 saturated carbocycles. The van der Waals surface area contributed by atoms with Crippen molar-refractivity contribution in [3.05, 3.63) is 88.9 Å². The highest BCUT2D eigenvalue weighted by Gasteiger charge is 2.07. The average Bonchev–Trinajstić information content (AvgIpc) is 2.79. The molecule has 7 heteroatoms. The Bertz CT molecular complexity index is 1010. The number of hydrazone groups is 1. The van der Waals surface area contributed by atoms with Crippen molar-refractivity contribution in [1.82, 2.24) is 5.43 Å². The quantitative estimate of drug-likeness (QED) is 0.247. The van der Waals surface area contributed by atoms with Gasteiger partial charge in [0.15, 0.2) is 11.5 Å². The summed E-state index contributed by atoms with van der Waals surface area (Å²) in [6.45, 7) is 2.89. The van der Waals surface area contributed by atoms with Gasteiger partial charge in [0.1, 0.15) is 6.61 Å². The number of ether oxygens (including phenoxy) is 2. The number of carbonyl (C=O) groups excluding carboxylic acids is 1. The number of nitrogens with one attached hydrogen (secondary N) is 1. The summed E-state index contributed by atoms with van der Waals surface area (Å²) in [7, 11) is 0. The molecule has 0 radical (unpaired) electrons. The molecular weight excluding hydrogens is 432 g/mol. The van der Waals surface area contributed by atoms with E-state index >= 15 is 0 Å². The van der Waals surface area contributed by atoms with Gasteiger partial charge in [-0.25, -0.2) is 5.43 Å². The van der Waals surface area contributed by atoms with Crippen LogP contribution >= 0.6 is 23.4 Å². The Labute approximate surface area is 191 Å². The van der Waals surface area contributed by atoms with Crippen LogP contribution in [0.25, 0.3) is 0 Å². The van der Waals surface area contributed by atoms with Gasteiger partial charge in [0.25, 0.3) is 0 Å². The summed E-state index contributed by atoms with van der Waals surface area (Å²) in [5.41, 5.74) is 4.41. The number of carbonyl (C=O) groups is 1. The van der Waals surface area contributed by atoms with Crippen LogP contribution in [0.15, 0.2) is 82.8 Å². The van der Waals surface area contributed by atoms with E-state index in [0.717, 1.165) is 16.0 Å². The molecule has 1 amide bonds. The predicted molar refractivity (Wildman–Crippen MR) is 126 cm³/mol. The third-order valence-electron chi connectivity index (χ3n) is 4.09. The third kappa shape index (κ3) is 7.66. The highest BCUT2D eigenvalue weighted by atomic mass is 35.5. The minimum Gasteiger partial charge on any atom is -0.490 e. The Morgan fingerprint density at radius 3 is 2.55 bits per heavy atom. The number of amides is 1. The summed E-state index contributed by atoms with van der Waals surface area (Å²) in [6, 6.07) is 22.8. The fourth-order valence-corrected chi connectivity index (χ4v) is 3.44. The molecule has 0 bridgehead atoms. The topological polar surface area (TPSA) is 59.9 Å². The highest BCUT2D eigenvalue weighted by molar-refractivity contribution is 8.00. The van der Waals surface area contributed by atoms with Gasteiger partial charge in [0.05, 0.1) is 18.6 Å². The second-order valence-corrected chi connectivity index (χ2v) is 7.93. The fourth-order valence-electron chi connectivity index (χ4n) is 2.62. The molecule has 0 heterocycles. The van der Waals surface area contributed by atoms with Crippen molar-refractivity contribution in [2.24, 2.45) is 5.10 Å². The minimum absolute atomic E-state index is 0.191. The predicted octanol–water partition coefficient (Wildman–Crippen LogP) is 5.56. The monoisotopic (exact) mass is 454 g/mol. The first kappa shape index (κ1) is 22.7. The van der Waals surface area contributed by atoms with E-state index in [1.807, 2.05) is 67.6 Å². The summed E-state index contributed by atoms with van der Waals surface area (Å²) < 4.78 is 11.6. The van der Waals surface area contributed by atoms with Crippen LogP contribution in [0.2, 0.25) is 5.02 Å². The van der Waals surface area contributed by atoms with Crippen LogP contribution < -0.4 is 14.9 Å². The molecule has 0 aliphatic carbocycles. The molecule has 3 rings (SSSR count). The van der Waals surface area contributed by atoms with Gasteiger partial charge in [-0.05, 0) is 60.5 Å². The van der Waals surface area contributed by atoms with E-state index in [1.165, 1.54) is 11.8 Å². The maximum absolute atomic E-state index is 12.0. The molecule has 0 spiro atoms. The van der Waals surface area contributed by atoms with Crippen molar-refractivity contribution in [2.45, 2.75) is 18.4 Å². The Kier molecular flexibility index (Phi) is 8.82. The summed E-state index contributed by atoms with van der Waals surface area (Å²) in [4.78, 5) is 13.0. The molecule has 1 N–H and O–H groups in total. The first-order valence-electron chi connectivity index (χ1n) is 9.78. The lowest BCUT2D eigenvalue weighted by Gasteiger charge is -2.12. The van der Waals surface area contributed by atoms with Crippen LogP contribution in [0, 0.1) is 0 Å². The Balaban J connectivity index is 1.53. The largest absolute Gasteiger partial charge is 0.490 e. The molecule has 3 aromatic rings. The normalized spacial score (nSPS) is 10.8. The van der Waals surface area contributed by atoms with Crippen molar-refractivity contribution in [2.75, 3.05) is 12.4 Å². The second kappa shape index (κ2) is 12.0. The molecule has 0 unspecified atom stereocenters. The number of rotatable bonds is 10. The number of benzene rings is 3. The summed E-state index contributed by atoms with van der Waals surface area (Å²) >= 11 is 7.28. The highest BCUT2D eigenvalue weighted by Crippen LogP contribution is 2.29. The molecule has 0 aliphatic heterocycles. The fraction of sp³-hybridized carbons (Fsp3) is 0.167. The van der Waals surface area contributed by atoms with E-state index in [4.69, 9.17) is 21.1 Å². The van der Waals surface area contributed by atoms with Gasteiger partial charge < -0.3 is 9.47 Å². The average molecular weight is 455 g/mol. The van der Waals surface area contributed by atoms with Crippen LogP contribution in [0.5, 0.6) is 11.5 Å². The molecule has 0 atom stereocenters. The van der Waals surface area contributed by atoms with Gasteiger partial charge in [-0.3, -0.25) is 4.79 Å². The van der Waals surface area contributed by atoms with E-state index < -0.39 is 0 Å². The van der Waals surface area contributed by atoms with Gasteiger partial charge in [0.2, 0.25) is 5.91 Å². The molecule has 160 valence electrons. The lowest BCUT2D eigenvalue weighted by atomic mass is 10.2. The smallest absolute Gasteiger partial charge is 0.250 e. The van der Waals surface area contributed by atoms with Crippen molar-refractivity contribution in [3.63, 3.8) is 0 Å². The molecule has 31 heavy (non-hydrogen) atoms. The first-order valence-corrected chi connectivity index (χ1v) is 11.1. The Morgan fingerprint density at radius 1 is 1.03 bits per heavy atom. The summed E-state index contributed by atoms with van der Waals surface area (Å²) in [5.74, 6) is 1.36. The van der Waals surface area contributed by atoms with Crippen molar-refractivity contribution >= 4 is 35.5 Å². The van der Waals surface area contributed by atoms with Gasteiger partial charge >= 0.3 is 0 Å². The van der Waals surface area contributed by atoms with Crippen LogP contribution in [-0.2, 0) is 11.4 Å². The molecule has 0 aromatic heterocycles. The minimum atomic E-state index is -0.191. The summed E-state index contributed by atoms with van der Waals surface area (Å²) in [5, 5.41) is 4.70. The van der Waals surface area contributed by atoms with Crippen molar-refractivity contribution in [3.8, 4) is 11.5 Å². The number of hydrogen-bond donors (Lipinski definition) is 1. The van der Waals surface area contributed by atoms with Crippen LogP contribution in [0.1, 0.15) is 18.1 Å². The maximum Gasteiger partial charge on any atom is 0.250 e. The zero-order valence-electron chi connectivity index (χ0n) is 17.1. The first-order chi connectivity index (χ1) is 15.1. The van der Waals surface area contributed by atoms with E-state index in [2.05, 4.69) is 10.5 Å². The molecule has 0 aliphatic rings. The molecule has 3 aromatic carbocycles. The van der Waals surface area contributed by atoms with Crippen LogP contribution in [0.3, 0.4) is 0 Å². The van der Waals surface area contributed by atoms with Gasteiger partial charge in [0, 0.05) is 9.92 Å². The summed E-state index contributed by atoms with van der Waals surface area (Å²) in [6.07, 6.45) is 1.58. The molecule has 0 saturated heterocycles. The number of nitrogens with zero attached hydrogens (tertiary/aromatic N) is 1. The lowest BCUT2D eigenvalue weighted by Crippen LogP contribution is -2.19. The molecule has 5 nitrogen and oxygen atoms in total. The van der Waals surface area contributed by atoms with Crippen LogP contribution in [0.4, 0.5) is 0 Å². The van der Waals surface area contributed by atoms with Gasteiger partial charge in [-0.15, -0.1) is 11.8 Å².